The Balaban J connectivity index is 2.45. The first-order valence-corrected chi connectivity index (χ1v) is 8.10. The van der Waals surface area contributed by atoms with Crippen molar-refractivity contribution in [3.05, 3.63) is 14.9 Å². The predicted octanol–water partition coefficient (Wildman–Crippen LogP) is 2.72. The molecule has 0 unspecified atom stereocenters. The van der Waals surface area contributed by atoms with Gasteiger partial charge >= 0.3 is 0 Å². The van der Waals surface area contributed by atoms with Crippen molar-refractivity contribution in [1.29, 1.82) is 0 Å². The largest absolute Gasteiger partial charge is 0.374 e. The molecule has 104 valence electrons. The van der Waals surface area contributed by atoms with Gasteiger partial charge in [-0.15, -0.1) is 11.3 Å². The van der Waals surface area contributed by atoms with Gasteiger partial charge in [0.25, 0.3) is 6.43 Å². The van der Waals surface area contributed by atoms with Gasteiger partial charge in [0.15, 0.2) is 0 Å². The van der Waals surface area contributed by atoms with Crippen molar-refractivity contribution in [1.82, 2.24) is 4.72 Å². The second-order valence-electron chi connectivity index (χ2n) is 3.05. The van der Waals surface area contributed by atoms with Gasteiger partial charge in [-0.1, -0.05) is 11.6 Å². The van der Waals surface area contributed by atoms with Gasteiger partial charge in [0, 0.05) is 6.54 Å². The van der Waals surface area contributed by atoms with Gasteiger partial charge in [-0.3, -0.25) is 0 Å². The van der Waals surface area contributed by atoms with Crippen LogP contribution in [-0.4, -0.2) is 34.6 Å². The van der Waals surface area contributed by atoms with E-state index in [2.05, 4.69) is 25.4 Å². The Morgan fingerprint density at radius 3 is 2.72 bits per heavy atom. The molecule has 0 aromatic carbocycles. The molecule has 0 spiro atoms. The minimum atomic E-state index is -3.68. The maximum absolute atomic E-state index is 11.7. The van der Waals surface area contributed by atoms with Gasteiger partial charge in [0.1, 0.15) is 10.8 Å². The van der Waals surface area contributed by atoms with Crippen molar-refractivity contribution in [2.24, 2.45) is 0 Å². The lowest BCUT2D eigenvalue weighted by Crippen LogP contribution is -2.27. The Morgan fingerprint density at radius 2 is 2.22 bits per heavy atom. The van der Waals surface area contributed by atoms with Crippen molar-refractivity contribution in [3.63, 3.8) is 0 Å². The molecule has 1 heterocycles. The van der Waals surface area contributed by atoms with Crippen LogP contribution in [0.25, 0.3) is 0 Å². The topological polar surface area (TPSA) is 55.4 Å². The molecule has 1 N–H and O–H groups in total. The van der Waals surface area contributed by atoms with Gasteiger partial charge in [-0.2, -0.15) is 0 Å². The third kappa shape index (κ3) is 5.06. The maximum atomic E-state index is 11.7. The van der Waals surface area contributed by atoms with E-state index in [4.69, 9.17) is 11.6 Å². The van der Waals surface area contributed by atoms with E-state index < -0.39 is 23.1 Å². The van der Waals surface area contributed by atoms with E-state index in [9.17, 15) is 17.2 Å². The van der Waals surface area contributed by atoms with Crippen molar-refractivity contribution < 1.29 is 21.9 Å². The number of halogens is 4. The second-order valence-corrected chi connectivity index (χ2v) is 7.82. The van der Waals surface area contributed by atoms with E-state index in [1.807, 2.05) is 0 Å². The quantitative estimate of drug-likeness (QED) is 0.736. The summed E-state index contributed by atoms with van der Waals surface area (Å²) in [7, 11) is -3.68. The Bertz CT molecular complexity index is 475. The Labute approximate surface area is 120 Å². The number of hydrogen-bond acceptors (Lipinski definition) is 4. The number of ether oxygens (including phenoxy) is 1. The van der Waals surface area contributed by atoms with E-state index in [0.717, 1.165) is 11.3 Å². The summed E-state index contributed by atoms with van der Waals surface area (Å²) >= 11 is 9.78. The minimum Gasteiger partial charge on any atom is -0.374 e. The average molecular weight is 385 g/mol. The predicted molar refractivity (Wildman–Crippen MR) is 69.0 cm³/mol. The SMILES string of the molecule is O=S(=O)(NCCOCC(F)F)c1cc(Cl)c(Br)s1. The third-order valence-electron chi connectivity index (χ3n) is 1.67. The molecule has 1 aromatic rings. The van der Waals surface area contributed by atoms with Gasteiger partial charge in [0.2, 0.25) is 10.0 Å². The summed E-state index contributed by atoms with van der Waals surface area (Å²) in [5.41, 5.74) is 0. The molecule has 0 saturated carbocycles. The highest BCUT2D eigenvalue weighted by Crippen LogP contribution is 2.34. The molecule has 0 amide bonds. The number of alkyl halides is 2. The van der Waals surface area contributed by atoms with Crippen molar-refractivity contribution in [3.8, 4) is 0 Å². The van der Waals surface area contributed by atoms with E-state index in [-0.39, 0.29) is 17.4 Å². The summed E-state index contributed by atoms with van der Waals surface area (Å²) in [5.74, 6) is 0. The smallest absolute Gasteiger partial charge is 0.261 e. The molecule has 4 nitrogen and oxygen atoms in total. The first-order valence-electron chi connectivity index (χ1n) is 4.63. The highest BCUT2D eigenvalue weighted by atomic mass is 79.9. The van der Waals surface area contributed by atoms with E-state index >= 15 is 0 Å². The molecule has 0 atom stereocenters. The molecule has 0 fully saturated rings. The Kier molecular flexibility index (Phi) is 6.42. The summed E-state index contributed by atoms with van der Waals surface area (Å²) < 4.78 is 54.2. The monoisotopic (exact) mass is 383 g/mol. The van der Waals surface area contributed by atoms with Gasteiger partial charge < -0.3 is 4.74 Å². The van der Waals surface area contributed by atoms with Crippen LogP contribution in [0.2, 0.25) is 5.02 Å². The summed E-state index contributed by atoms with van der Waals surface area (Å²) in [6.07, 6.45) is -2.56. The highest BCUT2D eigenvalue weighted by molar-refractivity contribution is 9.11. The summed E-state index contributed by atoms with van der Waals surface area (Å²) in [6.45, 7) is -0.913. The fourth-order valence-corrected chi connectivity index (χ4v) is 4.41. The number of hydrogen-bond donors (Lipinski definition) is 1. The lowest BCUT2D eigenvalue weighted by Gasteiger charge is -2.05. The molecule has 0 saturated heterocycles. The van der Waals surface area contributed by atoms with Crippen LogP contribution in [0.5, 0.6) is 0 Å². The molecular formula is C8H9BrClF2NO3S2. The molecule has 0 aliphatic carbocycles. The van der Waals surface area contributed by atoms with E-state index in [1.54, 1.807) is 0 Å². The van der Waals surface area contributed by atoms with Crippen molar-refractivity contribution >= 4 is 48.9 Å². The Hall–Kier alpha value is 0.200. The summed E-state index contributed by atoms with van der Waals surface area (Å²) in [5, 5.41) is 0.300. The zero-order chi connectivity index (χ0) is 13.8. The van der Waals surface area contributed by atoms with Crippen molar-refractivity contribution in [2.75, 3.05) is 19.8 Å². The second kappa shape index (κ2) is 7.11. The maximum Gasteiger partial charge on any atom is 0.261 e. The van der Waals surface area contributed by atoms with E-state index in [0.29, 0.717) is 8.81 Å². The van der Waals surface area contributed by atoms with E-state index in [1.165, 1.54) is 6.07 Å². The fourth-order valence-electron chi connectivity index (χ4n) is 0.951. The first-order chi connectivity index (χ1) is 8.33. The van der Waals surface area contributed by atoms with Crippen molar-refractivity contribution in [2.45, 2.75) is 10.6 Å². The molecule has 18 heavy (non-hydrogen) atoms. The van der Waals surface area contributed by atoms with Gasteiger partial charge in [-0.25, -0.2) is 21.9 Å². The van der Waals surface area contributed by atoms with Crippen LogP contribution in [0.15, 0.2) is 14.1 Å². The summed E-state index contributed by atoms with van der Waals surface area (Å²) in [4.78, 5) is 0. The summed E-state index contributed by atoms with van der Waals surface area (Å²) in [6, 6.07) is 1.30. The molecule has 0 bridgehead atoms. The first kappa shape index (κ1) is 16.3. The van der Waals surface area contributed by atoms with Crippen LogP contribution in [0, 0.1) is 0 Å². The molecule has 10 heteroatoms. The van der Waals surface area contributed by atoms with Crippen LogP contribution >= 0.6 is 38.9 Å². The standard InChI is InChI=1S/C8H9BrClF2NO3S2/c9-8-5(10)3-7(17-8)18(14,15)13-1-2-16-4-6(11)12/h3,6,13H,1-2,4H2. The normalized spacial score (nSPS) is 12.3. The third-order valence-corrected chi connectivity index (χ3v) is 6.08. The number of sulfonamides is 1. The lowest BCUT2D eigenvalue weighted by atomic mass is 10.7. The number of nitrogens with one attached hydrogen (secondary N) is 1. The minimum absolute atomic E-state index is 0.0493. The van der Waals surface area contributed by atoms with Crippen LogP contribution < -0.4 is 4.72 Å². The van der Waals surface area contributed by atoms with Gasteiger partial charge in [0.05, 0.1) is 15.4 Å². The number of rotatable bonds is 7. The number of thiophene rings is 1. The van der Waals surface area contributed by atoms with Crippen LogP contribution in [0.3, 0.4) is 0 Å². The van der Waals surface area contributed by atoms with Crippen LogP contribution in [0.1, 0.15) is 0 Å². The lowest BCUT2D eigenvalue weighted by molar-refractivity contribution is 0.0199. The molecule has 1 rings (SSSR count). The zero-order valence-corrected chi connectivity index (χ0v) is 12.8. The van der Waals surface area contributed by atoms with Crippen LogP contribution in [-0.2, 0) is 14.8 Å². The fraction of sp³-hybridized carbons (Fsp3) is 0.500. The highest BCUT2D eigenvalue weighted by Gasteiger charge is 2.18. The molecule has 0 aliphatic rings. The Morgan fingerprint density at radius 1 is 1.56 bits per heavy atom. The zero-order valence-electron chi connectivity index (χ0n) is 8.83. The molecule has 0 radical (unpaired) electrons. The van der Waals surface area contributed by atoms with Crippen LogP contribution in [0.4, 0.5) is 8.78 Å². The molecule has 1 aromatic heterocycles. The molecule has 0 aliphatic heterocycles. The average Bonchev–Trinajstić information content (AvgIpc) is 2.59. The molecular weight excluding hydrogens is 376 g/mol. The van der Waals surface area contributed by atoms with Gasteiger partial charge in [-0.05, 0) is 22.0 Å².